The molecular formula is C17H25ClN2O3. The summed E-state index contributed by atoms with van der Waals surface area (Å²) >= 11 is 0. The number of benzene rings is 1. The van der Waals surface area contributed by atoms with Crippen molar-refractivity contribution in [1.82, 2.24) is 0 Å². The number of nitrogens with one attached hydrogen (secondary N) is 1. The molecule has 5 nitrogen and oxygen atoms in total. The van der Waals surface area contributed by atoms with Crippen LogP contribution in [-0.4, -0.2) is 24.5 Å². The molecule has 2 rings (SSSR count). The van der Waals surface area contributed by atoms with Crippen LogP contribution in [0.15, 0.2) is 24.3 Å². The Hall–Kier alpha value is -1.59. The highest BCUT2D eigenvalue weighted by Crippen LogP contribution is 2.32. The second kappa shape index (κ2) is 8.31. The van der Waals surface area contributed by atoms with Crippen molar-refractivity contribution in [2.45, 2.75) is 44.6 Å². The molecule has 0 aromatic heterocycles. The van der Waals surface area contributed by atoms with Crippen LogP contribution in [0.25, 0.3) is 0 Å². The largest absolute Gasteiger partial charge is 0.469 e. The summed E-state index contributed by atoms with van der Waals surface area (Å²) in [4.78, 5) is 23.6. The number of carbonyl (C=O) groups excluding carboxylic acids is 2. The van der Waals surface area contributed by atoms with Crippen molar-refractivity contribution in [1.29, 1.82) is 0 Å². The molecule has 0 heterocycles. The Morgan fingerprint density at radius 2 is 1.96 bits per heavy atom. The summed E-state index contributed by atoms with van der Waals surface area (Å²) in [6.45, 7) is 1.95. The predicted octanol–water partition coefficient (Wildman–Crippen LogP) is 2.67. The van der Waals surface area contributed by atoms with Crippen molar-refractivity contribution in [3.05, 3.63) is 29.8 Å². The van der Waals surface area contributed by atoms with Crippen LogP contribution in [0.5, 0.6) is 0 Å². The van der Waals surface area contributed by atoms with E-state index in [2.05, 4.69) is 10.1 Å². The van der Waals surface area contributed by atoms with Gasteiger partial charge in [0.15, 0.2) is 0 Å². The Bertz CT molecular complexity index is 543. The first-order valence-electron chi connectivity index (χ1n) is 7.68. The molecule has 2 atom stereocenters. The monoisotopic (exact) mass is 340 g/mol. The average Bonchev–Trinajstić information content (AvgIpc) is 2.48. The number of amides is 1. The van der Waals surface area contributed by atoms with Gasteiger partial charge in [-0.05, 0) is 37.5 Å². The number of hydrogen-bond donors (Lipinski definition) is 2. The maximum atomic E-state index is 12.4. The number of nitrogens with two attached hydrogens (primary N) is 1. The van der Waals surface area contributed by atoms with Crippen molar-refractivity contribution in [3.8, 4) is 0 Å². The molecule has 6 heteroatoms. The normalized spacial score (nSPS) is 23.5. The van der Waals surface area contributed by atoms with Crippen LogP contribution < -0.4 is 11.1 Å². The van der Waals surface area contributed by atoms with Gasteiger partial charge in [-0.15, -0.1) is 12.4 Å². The Labute approximate surface area is 143 Å². The van der Waals surface area contributed by atoms with E-state index in [9.17, 15) is 9.59 Å². The fourth-order valence-electron chi connectivity index (χ4n) is 2.96. The van der Waals surface area contributed by atoms with Gasteiger partial charge in [-0.25, -0.2) is 0 Å². The second-order valence-electron chi connectivity index (χ2n) is 6.24. The van der Waals surface area contributed by atoms with Gasteiger partial charge >= 0.3 is 5.97 Å². The average molecular weight is 341 g/mol. The van der Waals surface area contributed by atoms with Gasteiger partial charge in [-0.3, -0.25) is 9.59 Å². The highest BCUT2D eigenvalue weighted by atomic mass is 35.5. The molecule has 1 saturated carbocycles. The Morgan fingerprint density at radius 3 is 2.52 bits per heavy atom. The standard InChI is InChI=1S/C17H24N2O3.ClH/c1-17(18)10-4-3-5-14(17)16(21)19-13-8-6-12(7-9-13)11-15(20)22-2;/h6-9,14H,3-5,10-11,18H2,1-2H3,(H,19,21);1H. The lowest BCUT2D eigenvalue weighted by atomic mass is 9.74. The predicted molar refractivity (Wildman–Crippen MR) is 92.6 cm³/mol. The molecule has 1 aromatic rings. The van der Waals surface area contributed by atoms with E-state index in [1.54, 1.807) is 12.1 Å². The molecule has 1 aliphatic rings. The molecule has 0 spiro atoms. The first kappa shape index (κ1) is 19.5. The topological polar surface area (TPSA) is 81.4 Å². The number of hydrogen-bond acceptors (Lipinski definition) is 4. The number of rotatable bonds is 4. The van der Waals surface area contributed by atoms with E-state index in [1.165, 1.54) is 7.11 Å². The summed E-state index contributed by atoms with van der Waals surface area (Å²) in [7, 11) is 1.37. The molecular weight excluding hydrogens is 316 g/mol. The summed E-state index contributed by atoms with van der Waals surface area (Å²) in [5, 5.41) is 2.93. The van der Waals surface area contributed by atoms with Crippen molar-refractivity contribution in [3.63, 3.8) is 0 Å². The van der Waals surface area contributed by atoms with E-state index >= 15 is 0 Å². The molecule has 0 aliphatic heterocycles. The maximum Gasteiger partial charge on any atom is 0.309 e. The second-order valence-corrected chi connectivity index (χ2v) is 6.24. The van der Waals surface area contributed by atoms with Gasteiger partial charge in [-0.1, -0.05) is 25.0 Å². The minimum atomic E-state index is -0.437. The van der Waals surface area contributed by atoms with Crippen LogP contribution in [0, 0.1) is 5.92 Å². The number of ether oxygens (including phenoxy) is 1. The molecule has 0 bridgehead atoms. The minimum absolute atomic E-state index is 0. The SMILES string of the molecule is COC(=O)Cc1ccc(NC(=O)C2CCCCC2(C)N)cc1.Cl. The number of esters is 1. The van der Waals surface area contributed by atoms with Gasteiger partial charge in [0.2, 0.25) is 5.91 Å². The summed E-state index contributed by atoms with van der Waals surface area (Å²) in [5.41, 5.74) is 7.40. The van der Waals surface area contributed by atoms with Crippen LogP contribution in [0.4, 0.5) is 5.69 Å². The lowest BCUT2D eigenvalue weighted by Gasteiger charge is -2.37. The van der Waals surface area contributed by atoms with Crippen LogP contribution in [0.2, 0.25) is 0 Å². The van der Waals surface area contributed by atoms with E-state index < -0.39 is 5.54 Å². The van der Waals surface area contributed by atoms with Crippen LogP contribution in [0.1, 0.15) is 38.2 Å². The zero-order valence-corrected chi connectivity index (χ0v) is 14.4. The molecule has 1 amide bonds. The minimum Gasteiger partial charge on any atom is -0.469 e. The van der Waals surface area contributed by atoms with Crippen molar-refractivity contribution in [2.24, 2.45) is 11.7 Å². The van der Waals surface area contributed by atoms with E-state index in [0.717, 1.165) is 36.9 Å². The van der Waals surface area contributed by atoms with E-state index in [0.29, 0.717) is 0 Å². The van der Waals surface area contributed by atoms with E-state index in [-0.39, 0.29) is 36.6 Å². The molecule has 1 fully saturated rings. The fourth-order valence-corrected chi connectivity index (χ4v) is 2.96. The highest BCUT2D eigenvalue weighted by Gasteiger charge is 2.37. The molecule has 3 N–H and O–H groups in total. The van der Waals surface area contributed by atoms with Gasteiger partial charge in [-0.2, -0.15) is 0 Å². The summed E-state index contributed by atoms with van der Waals surface area (Å²) in [5.74, 6) is -0.459. The van der Waals surface area contributed by atoms with Gasteiger partial charge < -0.3 is 15.8 Å². The van der Waals surface area contributed by atoms with Crippen molar-refractivity contribution >= 4 is 30.0 Å². The molecule has 0 saturated heterocycles. The Morgan fingerprint density at radius 1 is 1.30 bits per heavy atom. The summed E-state index contributed by atoms with van der Waals surface area (Å²) in [6, 6.07) is 7.23. The van der Waals surface area contributed by atoms with Gasteiger partial charge in [0.1, 0.15) is 0 Å². The quantitative estimate of drug-likeness (QED) is 0.826. The number of carbonyl (C=O) groups is 2. The molecule has 1 aromatic carbocycles. The zero-order valence-electron chi connectivity index (χ0n) is 13.6. The molecule has 0 radical (unpaired) electrons. The molecule has 1 aliphatic carbocycles. The lowest BCUT2D eigenvalue weighted by Crippen LogP contribution is -2.51. The van der Waals surface area contributed by atoms with E-state index in [4.69, 9.17) is 5.73 Å². The Balaban J connectivity index is 0.00000264. The summed E-state index contributed by atoms with van der Waals surface area (Å²) in [6.07, 6.45) is 4.07. The summed E-state index contributed by atoms with van der Waals surface area (Å²) < 4.78 is 4.63. The number of methoxy groups -OCH3 is 1. The van der Waals surface area contributed by atoms with Crippen molar-refractivity contribution in [2.75, 3.05) is 12.4 Å². The first-order chi connectivity index (χ1) is 10.4. The third-order valence-electron chi connectivity index (χ3n) is 4.37. The lowest BCUT2D eigenvalue weighted by molar-refractivity contribution is -0.139. The van der Waals surface area contributed by atoms with Gasteiger partial charge in [0.05, 0.1) is 19.4 Å². The van der Waals surface area contributed by atoms with Crippen LogP contribution >= 0.6 is 12.4 Å². The van der Waals surface area contributed by atoms with Crippen LogP contribution in [0.3, 0.4) is 0 Å². The van der Waals surface area contributed by atoms with E-state index in [1.807, 2.05) is 19.1 Å². The molecule has 2 unspecified atom stereocenters. The van der Waals surface area contributed by atoms with Crippen LogP contribution in [-0.2, 0) is 20.7 Å². The fraction of sp³-hybridized carbons (Fsp3) is 0.529. The molecule has 128 valence electrons. The van der Waals surface area contributed by atoms with Gasteiger partial charge in [0, 0.05) is 11.2 Å². The maximum absolute atomic E-state index is 12.4. The van der Waals surface area contributed by atoms with Gasteiger partial charge in [0.25, 0.3) is 0 Å². The first-order valence-corrected chi connectivity index (χ1v) is 7.68. The third-order valence-corrected chi connectivity index (χ3v) is 4.37. The third kappa shape index (κ3) is 5.22. The smallest absolute Gasteiger partial charge is 0.309 e. The zero-order chi connectivity index (χ0) is 16.2. The van der Waals surface area contributed by atoms with Crippen molar-refractivity contribution < 1.29 is 14.3 Å². The molecule has 23 heavy (non-hydrogen) atoms. The number of halogens is 1. The highest BCUT2D eigenvalue weighted by molar-refractivity contribution is 5.93. The number of anilines is 1. The Kier molecular flexibility index (Phi) is 7.03.